The molecule has 0 aromatic carbocycles. The van der Waals surface area contributed by atoms with Gasteiger partial charge in [0.1, 0.15) is 11.9 Å². The normalized spacial score (nSPS) is 27.3. The summed E-state index contributed by atoms with van der Waals surface area (Å²) >= 11 is 6.06. The zero-order valence-electron chi connectivity index (χ0n) is 15.0. The fraction of sp³-hybridized carbons (Fsp3) is 0.611. The molecule has 0 radical (unpaired) electrons. The van der Waals surface area contributed by atoms with E-state index in [1.807, 2.05) is 6.07 Å². The number of urea groups is 1. The maximum atomic E-state index is 13.5. The van der Waals surface area contributed by atoms with Gasteiger partial charge < -0.3 is 14.5 Å². The SMILES string of the molecule is CN(C)C(=O)[C@@H]1C[C@@H]2OCC[C@@H]2N1C(=O)N1CCCc2cc(Cl)cnc21. The van der Waals surface area contributed by atoms with E-state index >= 15 is 0 Å². The van der Waals surface area contributed by atoms with E-state index < -0.39 is 6.04 Å². The van der Waals surface area contributed by atoms with E-state index in [2.05, 4.69) is 4.98 Å². The van der Waals surface area contributed by atoms with Crippen LogP contribution in [0.2, 0.25) is 5.02 Å². The van der Waals surface area contributed by atoms with Gasteiger partial charge in [-0.3, -0.25) is 9.69 Å². The lowest BCUT2D eigenvalue weighted by atomic mass is 10.1. The number of likely N-dealkylation sites (N-methyl/N-ethyl adjacent to an activating group) is 1. The van der Waals surface area contributed by atoms with Crippen molar-refractivity contribution in [2.24, 2.45) is 0 Å². The first-order valence-corrected chi connectivity index (χ1v) is 9.42. The van der Waals surface area contributed by atoms with Gasteiger partial charge in [0.2, 0.25) is 5.91 Å². The maximum Gasteiger partial charge on any atom is 0.326 e. The molecule has 8 heteroatoms. The van der Waals surface area contributed by atoms with Gasteiger partial charge in [-0.2, -0.15) is 0 Å². The molecule has 0 N–H and O–H groups in total. The Balaban J connectivity index is 1.67. The summed E-state index contributed by atoms with van der Waals surface area (Å²) in [5.74, 6) is 0.599. The predicted octanol–water partition coefficient (Wildman–Crippen LogP) is 1.93. The fourth-order valence-corrected chi connectivity index (χ4v) is 4.48. The first-order chi connectivity index (χ1) is 12.5. The van der Waals surface area contributed by atoms with Crippen LogP contribution in [-0.4, -0.2) is 72.2 Å². The molecule has 4 rings (SSSR count). The van der Waals surface area contributed by atoms with Gasteiger partial charge in [0, 0.05) is 39.9 Å². The summed E-state index contributed by atoms with van der Waals surface area (Å²) in [6, 6.07) is 1.19. The van der Waals surface area contributed by atoms with Crippen molar-refractivity contribution >= 4 is 29.4 Å². The number of rotatable bonds is 1. The van der Waals surface area contributed by atoms with Crippen LogP contribution >= 0.6 is 11.6 Å². The molecule has 1 aromatic heterocycles. The molecule has 0 bridgehead atoms. The van der Waals surface area contributed by atoms with E-state index in [9.17, 15) is 9.59 Å². The smallest absolute Gasteiger partial charge is 0.326 e. The number of halogens is 1. The summed E-state index contributed by atoms with van der Waals surface area (Å²) in [7, 11) is 3.44. The minimum absolute atomic E-state index is 0.0472. The first-order valence-electron chi connectivity index (χ1n) is 9.04. The van der Waals surface area contributed by atoms with Gasteiger partial charge in [-0.05, 0) is 30.9 Å². The number of carbonyl (C=O) groups is 2. The number of hydrogen-bond donors (Lipinski definition) is 0. The van der Waals surface area contributed by atoms with E-state index in [4.69, 9.17) is 16.3 Å². The quantitative estimate of drug-likeness (QED) is 0.749. The summed E-state index contributed by atoms with van der Waals surface area (Å²) in [5.41, 5.74) is 0.978. The third-order valence-electron chi connectivity index (χ3n) is 5.49. The molecule has 2 saturated heterocycles. The molecule has 0 spiro atoms. The van der Waals surface area contributed by atoms with Crippen molar-refractivity contribution in [1.82, 2.24) is 14.8 Å². The summed E-state index contributed by atoms with van der Waals surface area (Å²) in [6.45, 7) is 1.23. The molecule has 0 aliphatic carbocycles. The Kier molecular flexibility index (Phi) is 4.52. The van der Waals surface area contributed by atoms with Crippen LogP contribution in [0, 0.1) is 0 Å². The number of aryl methyl sites for hydroxylation is 1. The van der Waals surface area contributed by atoms with Crippen LogP contribution in [0.4, 0.5) is 10.6 Å². The van der Waals surface area contributed by atoms with E-state index in [1.165, 1.54) is 0 Å². The third kappa shape index (κ3) is 2.83. The number of likely N-dealkylation sites (tertiary alicyclic amines) is 1. The molecule has 140 valence electrons. The molecule has 3 atom stereocenters. The van der Waals surface area contributed by atoms with Crippen LogP contribution in [0.1, 0.15) is 24.8 Å². The van der Waals surface area contributed by atoms with Crippen LogP contribution in [-0.2, 0) is 16.0 Å². The maximum absolute atomic E-state index is 13.5. The number of nitrogens with zero attached hydrogens (tertiary/aromatic N) is 4. The standard InChI is InChI=1S/C18H23ClN4O3/c1-21(2)17(24)14-9-15-13(5-7-26-15)23(14)18(25)22-6-3-4-11-8-12(19)10-20-16(11)22/h8,10,13-15H,3-7,9H2,1-2H3/t13-,14-,15-/m0/s1. The second-order valence-corrected chi connectivity index (χ2v) is 7.77. The van der Waals surface area contributed by atoms with E-state index in [-0.39, 0.29) is 24.1 Å². The van der Waals surface area contributed by atoms with E-state index in [1.54, 1.807) is 35.0 Å². The van der Waals surface area contributed by atoms with Crippen LogP contribution in [0.15, 0.2) is 12.3 Å². The van der Waals surface area contributed by atoms with Gasteiger partial charge in [-0.25, -0.2) is 9.78 Å². The number of hydrogen-bond acceptors (Lipinski definition) is 4. The molecule has 2 fully saturated rings. The van der Waals surface area contributed by atoms with Gasteiger partial charge in [-0.15, -0.1) is 0 Å². The minimum Gasteiger partial charge on any atom is -0.376 e. The van der Waals surface area contributed by atoms with Crippen molar-refractivity contribution in [3.8, 4) is 0 Å². The molecule has 3 amide bonds. The number of aromatic nitrogens is 1. The highest BCUT2D eigenvalue weighted by atomic mass is 35.5. The number of ether oxygens (including phenoxy) is 1. The van der Waals surface area contributed by atoms with E-state index in [0.717, 1.165) is 24.8 Å². The number of pyridine rings is 1. The van der Waals surface area contributed by atoms with Gasteiger partial charge in [0.05, 0.1) is 17.2 Å². The molecule has 3 aliphatic heterocycles. The molecular weight excluding hydrogens is 356 g/mol. The fourth-order valence-electron chi connectivity index (χ4n) is 4.30. The van der Waals surface area contributed by atoms with Crippen LogP contribution in [0.3, 0.4) is 0 Å². The van der Waals surface area contributed by atoms with Crippen LogP contribution < -0.4 is 4.90 Å². The zero-order chi connectivity index (χ0) is 18.4. The number of fused-ring (bicyclic) bond motifs is 2. The minimum atomic E-state index is -0.481. The molecule has 1 aromatic rings. The average Bonchev–Trinajstić information content (AvgIpc) is 3.20. The van der Waals surface area contributed by atoms with Gasteiger partial charge in [0.25, 0.3) is 0 Å². The van der Waals surface area contributed by atoms with Gasteiger partial charge in [0.15, 0.2) is 0 Å². The van der Waals surface area contributed by atoms with Crippen molar-refractivity contribution in [2.75, 3.05) is 32.1 Å². The van der Waals surface area contributed by atoms with Gasteiger partial charge in [-0.1, -0.05) is 11.6 Å². The second-order valence-electron chi connectivity index (χ2n) is 7.33. The highest BCUT2D eigenvalue weighted by molar-refractivity contribution is 6.30. The first kappa shape index (κ1) is 17.5. The second kappa shape index (κ2) is 6.70. The predicted molar refractivity (Wildman–Crippen MR) is 97.4 cm³/mol. The average molecular weight is 379 g/mol. The Morgan fingerprint density at radius 1 is 1.38 bits per heavy atom. The Morgan fingerprint density at radius 3 is 2.96 bits per heavy atom. The van der Waals surface area contributed by atoms with Crippen molar-refractivity contribution in [1.29, 1.82) is 0 Å². The third-order valence-corrected chi connectivity index (χ3v) is 5.70. The highest BCUT2D eigenvalue weighted by Crippen LogP contribution is 2.37. The molecule has 3 aliphatic rings. The van der Waals surface area contributed by atoms with Gasteiger partial charge >= 0.3 is 6.03 Å². The summed E-state index contributed by atoms with van der Waals surface area (Å²) < 4.78 is 5.77. The number of carbonyl (C=O) groups excluding carboxylic acids is 2. The Bertz CT molecular complexity index is 741. The number of amides is 3. The molecule has 0 saturated carbocycles. The van der Waals surface area contributed by atoms with E-state index in [0.29, 0.717) is 30.4 Å². The lowest BCUT2D eigenvalue weighted by molar-refractivity contribution is -0.133. The van der Waals surface area contributed by atoms with Crippen molar-refractivity contribution in [2.45, 2.75) is 43.9 Å². The topological polar surface area (TPSA) is 66.0 Å². The lowest BCUT2D eigenvalue weighted by Crippen LogP contribution is -2.54. The Morgan fingerprint density at radius 2 is 2.19 bits per heavy atom. The molecule has 0 unspecified atom stereocenters. The zero-order valence-corrected chi connectivity index (χ0v) is 15.8. The molecule has 7 nitrogen and oxygen atoms in total. The molecular formula is C18H23ClN4O3. The Labute approximate surface area is 157 Å². The summed E-state index contributed by atoms with van der Waals surface area (Å²) in [4.78, 5) is 35.6. The van der Waals surface area contributed by atoms with Crippen LogP contribution in [0.5, 0.6) is 0 Å². The number of anilines is 1. The lowest BCUT2D eigenvalue weighted by Gasteiger charge is -2.36. The molecule has 26 heavy (non-hydrogen) atoms. The highest BCUT2D eigenvalue weighted by Gasteiger charge is 2.51. The Hall–Kier alpha value is -1.86. The summed E-state index contributed by atoms with van der Waals surface area (Å²) in [5, 5.41) is 0.573. The van der Waals surface area contributed by atoms with Crippen molar-refractivity contribution in [3.63, 3.8) is 0 Å². The summed E-state index contributed by atoms with van der Waals surface area (Å²) in [6.07, 6.45) is 4.54. The van der Waals surface area contributed by atoms with Crippen molar-refractivity contribution < 1.29 is 14.3 Å². The largest absolute Gasteiger partial charge is 0.376 e. The molecule has 4 heterocycles. The monoisotopic (exact) mass is 378 g/mol. The van der Waals surface area contributed by atoms with Crippen LogP contribution in [0.25, 0.3) is 0 Å². The van der Waals surface area contributed by atoms with Crippen molar-refractivity contribution in [3.05, 3.63) is 22.8 Å².